The second-order valence-electron chi connectivity index (χ2n) is 11.0. The predicted molar refractivity (Wildman–Crippen MR) is 128 cm³/mol. The number of allylic oxidation sites excluding steroid dienone is 2. The minimum atomic E-state index is -0.903. The fourth-order valence-electron chi connectivity index (χ4n) is 5.12. The highest BCUT2D eigenvalue weighted by Crippen LogP contribution is 2.57. The zero-order valence-electron chi connectivity index (χ0n) is 21.4. The maximum absolute atomic E-state index is 13.6. The summed E-state index contributed by atoms with van der Waals surface area (Å²) < 4.78 is 10.7. The molecule has 5 atom stereocenters. The van der Waals surface area contributed by atoms with Gasteiger partial charge in [-0.1, -0.05) is 25.0 Å². The summed E-state index contributed by atoms with van der Waals surface area (Å²) in [6, 6.07) is -1.71. The van der Waals surface area contributed by atoms with E-state index in [1.165, 1.54) is 4.90 Å². The lowest BCUT2D eigenvalue weighted by molar-refractivity contribution is -0.152. The summed E-state index contributed by atoms with van der Waals surface area (Å²) in [6.07, 6.45) is 6.89. The lowest BCUT2D eigenvalue weighted by atomic mass is 9.91. The highest BCUT2D eigenvalue weighted by Gasteiger charge is 2.61. The minimum absolute atomic E-state index is 0.0114. The van der Waals surface area contributed by atoms with Crippen molar-refractivity contribution in [1.82, 2.24) is 10.2 Å². The monoisotopic (exact) mass is 492 g/mol. The average Bonchev–Trinajstić information content (AvgIpc) is 3.30. The molecule has 0 spiro atoms. The van der Waals surface area contributed by atoms with Crippen molar-refractivity contribution in [1.29, 1.82) is 0 Å². The number of esters is 1. The summed E-state index contributed by atoms with van der Waals surface area (Å²) in [5, 5.41) is 13.0. The second-order valence-corrected chi connectivity index (χ2v) is 11.0. The number of hydrogen-bond donors (Lipinski definition) is 2. The minimum Gasteiger partial charge on any atom is -0.466 e. The molecule has 0 aromatic rings. The van der Waals surface area contributed by atoms with Gasteiger partial charge in [-0.25, -0.2) is 4.79 Å². The van der Waals surface area contributed by atoms with E-state index < -0.39 is 41.2 Å². The number of alkyl carbamates (subject to hydrolysis) is 1. The number of aliphatic hydroxyl groups is 1. The van der Waals surface area contributed by atoms with Crippen LogP contribution in [0.15, 0.2) is 12.2 Å². The number of nitrogens with one attached hydrogen (secondary N) is 1. The number of rotatable bonds is 3. The molecule has 2 fully saturated rings. The van der Waals surface area contributed by atoms with Crippen molar-refractivity contribution in [3.05, 3.63) is 12.2 Å². The highest BCUT2D eigenvalue weighted by molar-refractivity contribution is 5.96. The molecule has 3 rings (SSSR count). The Kier molecular flexibility index (Phi) is 8.62. The van der Waals surface area contributed by atoms with Crippen LogP contribution >= 0.6 is 0 Å². The third-order valence-electron chi connectivity index (χ3n) is 6.96. The lowest BCUT2D eigenvalue weighted by Gasteiger charge is -2.30. The molecule has 2 N–H and O–H groups in total. The van der Waals surface area contributed by atoms with Gasteiger partial charge in [-0.05, 0) is 59.3 Å². The highest BCUT2D eigenvalue weighted by atomic mass is 16.6. The fourth-order valence-corrected chi connectivity index (χ4v) is 5.12. The van der Waals surface area contributed by atoms with Crippen LogP contribution in [0.5, 0.6) is 0 Å². The number of ether oxygens (including phenoxy) is 2. The predicted octanol–water partition coefficient (Wildman–Crippen LogP) is 2.89. The SMILES string of the molecule is CCOC(=O)[C@]12CC(=O)[C@@H]3C[C@H](O)CN3C(=O)[C@H](NC(=O)OC(C)(C)C)CCCCC/C=C\[C@@H]1C2. The first-order valence-corrected chi connectivity index (χ1v) is 12.8. The number of ketones is 1. The molecule has 9 heteroatoms. The molecule has 1 aliphatic carbocycles. The van der Waals surface area contributed by atoms with Crippen LogP contribution in [0.1, 0.15) is 79.1 Å². The Morgan fingerprint density at radius 1 is 1.23 bits per heavy atom. The number of amides is 2. The van der Waals surface area contributed by atoms with Gasteiger partial charge in [0.25, 0.3) is 0 Å². The second kappa shape index (κ2) is 11.1. The molecule has 2 aliphatic heterocycles. The molecule has 196 valence electrons. The van der Waals surface area contributed by atoms with Crippen molar-refractivity contribution in [3.8, 4) is 0 Å². The van der Waals surface area contributed by atoms with Gasteiger partial charge in [-0.15, -0.1) is 0 Å². The molecule has 0 aromatic carbocycles. The van der Waals surface area contributed by atoms with Crippen LogP contribution < -0.4 is 5.32 Å². The van der Waals surface area contributed by atoms with Crippen LogP contribution in [-0.2, 0) is 23.9 Å². The van der Waals surface area contributed by atoms with E-state index in [4.69, 9.17) is 9.47 Å². The summed E-state index contributed by atoms with van der Waals surface area (Å²) >= 11 is 0. The number of aliphatic hydroxyl groups excluding tert-OH is 1. The number of carbonyl (C=O) groups excluding carboxylic acids is 4. The van der Waals surface area contributed by atoms with Crippen LogP contribution in [-0.4, -0.2) is 70.7 Å². The number of Topliss-reactive ketones (excluding diaryl/α,β-unsaturated/α-hetero) is 1. The van der Waals surface area contributed by atoms with Crippen LogP contribution in [0.3, 0.4) is 0 Å². The molecule has 0 radical (unpaired) electrons. The first kappa shape index (κ1) is 27.2. The molecule has 1 saturated heterocycles. The zero-order chi connectivity index (χ0) is 25.8. The first-order valence-electron chi connectivity index (χ1n) is 12.8. The van der Waals surface area contributed by atoms with Crippen molar-refractivity contribution in [2.75, 3.05) is 13.2 Å². The number of hydrogen-bond acceptors (Lipinski definition) is 7. The van der Waals surface area contributed by atoms with E-state index in [-0.39, 0.29) is 43.7 Å². The molecule has 9 nitrogen and oxygen atoms in total. The van der Waals surface area contributed by atoms with Gasteiger partial charge in [0.15, 0.2) is 5.78 Å². The van der Waals surface area contributed by atoms with Gasteiger partial charge in [0.05, 0.1) is 24.2 Å². The van der Waals surface area contributed by atoms with E-state index in [1.54, 1.807) is 27.7 Å². The molecule has 2 heterocycles. The van der Waals surface area contributed by atoms with E-state index in [0.717, 1.165) is 19.3 Å². The summed E-state index contributed by atoms with van der Waals surface area (Å²) in [4.78, 5) is 53.6. The van der Waals surface area contributed by atoms with Crippen LogP contribution in [0, 0.1) is 11.3 Å². The molecule has 35 heavy (non-hydrogen) atoms. The Morgan fingerprint density at radius 3 is 2.66 bits per heavy atom. The van der Waals surface area contributed by atoms with Gasteiger partial charge >= 0.3 is 12.1 Å². The fraction of sp³-hybridized carbons (Fsp3) is 0.769. The smallest absolute Gasteiger partial charge is 0.408 e. The van der Waals surface area contributed by atoms with Crippen LogP contribution in [0.2, 0.25) is 0 Å². The topological polar surface area (TPSA) is 122 Å². The van der Waals surface area contributed by atoms with Crippen LogP contribution in [0.4, 0.5) is 4.79 Å². The molecule has 0 bridgehead atoms. The summed E-state index contributed by atoms with van der Waals surface area (Å²) in [7, 11) is 0. The normalized spacial score (nSPS) is 33.0. The van der Waals surface area contributed by atoms with Crippen molar-refractivity contribution in [2.45, 2.75) is 103 Å². The number of nitrogens with zero attached hydrogens (tertiary/aromatic N) is 1. The van der Waals surface area contributed by atoms with E-state index >= 15 is 0 Å². The Labute approximate surface area is 207 Å². The first-order chi connectivity index (χ1) is 16.5. The van der Waals surface area contributed by atoms with Crippen LogP contribution in [0.25, 0.3) is 0 Å². The van der Waals surface area contributed by atoms with Crippen molar-refractivity contribution in [3.63, 3.8) is 0 Å². The van der Waals surface area contributed by atoms with Gasteiger partial charge in [0, 0.05) is 19.4 Å². The zero-order valence-corrected chi connectivity index (χ0v) is 21.4. The molecule has 0 aromatic heterocycles. The van der Waals surface area contributed by atoms with E-state index in [2.05, 4.69) is 11.4 Å². The molecular formula is C26H40N2O7. The number of fused-ring (bicyclic) bond motifs is 2. The lowest BCUT2D eigenvalue weighted by Crippen LogP contribution is -2.52. The van der Waals surface area contributed by atoms with E-state index in [0.29, 0.717) is 19.3 Å². The molecule has 3 aliphatic rings. The van der Waals surface area contributed by atoms with Crippen molar-refractivity contribution >= 4 is 23.8 Å². The Balaban J connectivity index is 1.84. The maximum atomic E-state index is 13.6. The third kappa shape index (κ3) is 6.84. The molecule has 2 amide bonds. The quantitative estimate of drug-likeness (QED) is 0.459. The standard InChI is InChI=1S/C26H40N2O7/c1-5-34-23(32)26-14-17(26)11-9-7-6-8-10-12-19(27-24(33)35-25(2,3)4)22(31)28-16-18(29)13-20(28)21(30)15-26/h9,11,17-20,29H,5-8,10,12-16H2,1-4H3,(H,27,33)/b11-9-/t17-,18+,19-,20+,26-/m1/s1. The maximum Gasteiger partial charge on any atom is 0.408 e. The van der Waals surface area contributed by atoms with Gasteiger partial charge in [-0.2, -0.15) is 0 Å². The van der Waals surface area contributed by atoms with Gasteiger partial charge in [-0.3, -0.25) is 14.4 Å². The Morgan fingerprint density at radius 2 is 1.97 bits per heavy atom. The van der Waals surface area contributed by atoms with E-state index in [1.807, 2.05) is 6.08 Å². The number of carbonyl (C=O) groups is 4. The summed E-state index contributed by atoms with van der Waals surface area (Å²) in [5.74, 6) is -1.11. The average molecular weight is 493 g/mol. The summed E-state index contributed by atoms with van der Waals surface area (Å²) in [5.41, 5.74) is -1.62. The molecular weight excluding hydrogens is 452 g/mol. The van der Waals surface area contributed by atoms with Crippen molar-refractivity contribution in [2.24, 2.45) is 11.3 Å². The summed E-state index contributed by atoms with van der Waals surface area (Å²) in [6.45, 7) is 7.21. The molecule has 0 unspecified atom stereocenters. The van der Waals surface area contributed by atoms with Gasteiger partial charge < -0.3 is 24.8 Å². The van der Waals surface area contributed by atoms with Crippen molar-refractivity contribution < 1.29 is 33.8 Å². The van der Waals surface area contributed by atoms with E-state index in [9.17, 15) is 24.3 Å². The third-order valence-corrected chi connectivity index (χ3v) is 6.96. The Bertz CT molecular complexity index is 849. The van der Waals surface area contributed by atoms with Gasteiger partial charge in [0.2, 0.25) is 5.91 Å². The largest absolute Gasteiger partial charge is 0.466 e. The van der Waals surface area contributed by atoms with Gasteiger partial charge in [0.1, 0.15) is 11.6 Å². The molecule has 1 saturated carbocycles. The Hall–Kier alpha value is -2.42.